The molecule has 2 nitrogen and oxygen atoms in total. The van der Waals surface area contributed by atoms with Crippen molar-refractivity contribution in [3.05, 3.63) is 58.9 Å². The number of anilines is 1. The lowest BCUT2D eigenvalue weighted by atomic mass is 10.2. The van der Waals surface area contributed by atoms with Crippen molar-refractivity contribution >= 4 is 17.3 Å². The highest BCUT2D eigenvalue weighted by Gasteiger charge is 2.07. The summed E-state index contributed by atoms with van der Waals surface area (Å²) in [6.07, 6.45) is 0. The number of benzene rings is 2. The monoisotopic (exact) mass is 251 g/mol. The van der Waals surface area contributed by atoms with Crippen LogP contribution < -0.4 is 10.5 Å². The van der Waals surface area contributed by atoms with Crippen molar-refractivity contribution < 1.29 is 9.13 Å². The average Bonchev–Trinajstić information content (AvgIpc) is 2.33. The van der Waals surface area contributed by atoms with Crippen LogP contribution in [0.15, 0.2) is 42.5 Å². The number of hydrogen-bond donors (Lipinski definition) is 1. The van der Waals surface area contributed by atoms with Crippen LogP contribution in [0.2, 0.25) is 5.02 Å². The Hall–Kier alpha value is -1.74. The van der Waals surface area contributed by atoms with Gasteiger partial charge in [0.05, 0.1) is 10.7 Å². The van der Waals surface area contributed by atoms with Crippen LogP contribution in [0.3, 0.4) is 0 Å². The molecule has 2 aromatic carbocycles. The van der Waals surface area contributed by atoms with E-state index in [9.17, 15) is 4.39 Å². The number of hydrogen-bond acceptors (Lipinski definition) is 2. The largest absolute Gasteiger partial charge is 0.487 e. The minimum absolute atomic E-state index is 0.0978. The second kappa shape index (κ2) is 5.06. The number of nitrogens with two attached hydrogens (primary N) is 1. The van der Waals surface area contributed by atoms with E-state index in [-0.39, 0.29) is 12.3 Å². The Kier molecular flexibility index (Phi) is 3.49. The summed E-state index contributed by atoms with van der Waals surface area (Å²) in [6, 6.07) is 11.9. The van der Waals surface area contributed by atoms with Crippen molar-refractivity contribution in [2.24, 2.45) is 0 Å². The zero-order chi connectivity index (χ0) is 12.3. The van der Waals surface area contributed by atoms with E-state index in [1.165, 1.54) is 6.07 Å². The van der Waals surface area contributed by atoms with E-state index < -0.39 is 5.82 Å². The van der Waals surface area contributed by atoms with Gasteiger partial charge in [-0.2, -0.15) is 0 Å². The highest BCUT2D eigenvalue weighted by Crippen LogP contribution is 2.25. The summed E-state index contributed by atoms with van der Waals surface area (Å²) < 4.78 is 19.0. The smallest absolute Gasteiger partial charge is 0.152 e. The zero-order valence-corrected chi connectivity index (χ0v) is 9.75. The van der Waals surface area contributed by atoms with Crippen molar-refractivity contribution in [2.75, 3.05) is 5.73 Å². The molecule has 17 heavy (non-hydrogen) atoms. The highest BCUT2D eigenvalue weighted by molar-refractivity contribution is 6.32. The van der Waals surface area contributed by atoms with Crippen LogP contribution in [0, 0.1) is 5.82 Å². The van der Waals surface area contributed by atoms with E-state index in [0.29, 0.717) is 16.3 Å². The standard InChI is InChI=1S/C13H11ClFNO/c14-10-5-1-2-7-12(10)17-8-9-4-3-6-11(16)13(9)15/h1-7H,8,16H2. The van der Waals surface area contributed by atoms with Gasteiger partial charge in [-0.05, 0) is 18.2 Å². The predicted octanol–water partition coefficient (Wildman–Crippen LogP) is 3.64. The summed E-state index contributed by atoms with van der Waals surface area (Å²) >= 11 is 5.92. The molecule has 0 heterocycles. The van der Waals surface area contributed by atoms with Crippen LogP contribution in [-0.2, 0) is 6.61 Å². The molecule has 2 N–H and O–H groups in total. The minimum Gasteiger partial charge on any atom is -0.487 e. The highest BCUT2D eigenvalue weighted by atomic mass is 35.5. The first-order valence-corrected chi connectivity index (χ1v) is 5.46. The number of halogens is 2. The molecule has 0 saturated carbocycles. The summed E-state index contributed by atoms with van der Waals surface area (Å²) in [7, 11) is 0. The van der Waals surface area contributed by atoms with Crippen molar-refractivity contribution in [2.45, 2.75) is 6.61 Å². The van der Waals surface area contributed by atoms with Gasteiger partial charge in [0.15, 0.2) is 5.82 Å². The minimum atomic E-state index is -0.445. The molecule has 0 aliphatic heterocycles. The van der Waals surface area contributed by atoms with E-state index in [2.05, 4.69) is 0 Å². The predicted molar refractivity (Wildman–Crippen MR) is 66.6 cm³/mol. The van der Waals surface area contributed by atoms with E-state index in [1.54, 1.807) is 36.4 Å². The molecule has 0 aliphatic carbocycles. The fraction of sp³-hybridized carbons (Fsp3) is 0.0769. The summed E-state index contributed by atoms with van der Waals surface area (Å²) in [5.41, 5.74) is 5.99. The van der Waals surface area contributed by atoms with Gasteiger partial charge >= 0.3 is 0 Å². The second-order valence-corrected chi connectivity index (χ2v) is 3.95. The molecule has 0 bridgehead atoms. The first-order valence-electron chi connectivity index (χ1n) is 5.08. The maximum atomic E-state index is 13.6. The molecular formula is C13H11ClFNO. The third-order valence-electron chi connectivity index (χ3n) is 2.33. The third-order valence-corrected chi connectivity index (χ3v) is 2.64. The normalized spacial score (nSPS) is 10.2. The molecule has 88 valence electrons. The third kappa shape index (κ3) is 2.68. The van der Waals surface area contributed by atoms with E-state index in [4.69, 9.17) is 22.1 Å². The summed E-state index contributed by atoms with van der Waals surface area (Å²) in [4.78, 5) is 0. The van der Waals surface area contributed by atoms with Crippen molar-refractivity contribution in [1.29, 1.82) is 0 Å². The quantitative estimate of drug-likeness (QED) is 0.846. The van der Waals surface area contributed by atoms with Gasteiger partial charge in [0.25, 0.3) is 0 Å². The van der Waals surface area contributed by atoms with Gasteiger partial charge in [-0.1, -0.05) is 35.9 Å². The molecule has 2 rings (SSSR count). The Morgan fingerprint density at radius 3 is 2.65 bits per heavy atom. The molecule has 0 radical (unpaired) electrons. The maximum absolute atomic E-state index is 13.6. The Balaban J connectivity index is 2.13. The number of ether oxygens (including phenoxy) is 1. The fourth-order valence-electron chi connectivity index (χ4n) is 1.43. The summed E-state index contributed by atoms with van der Waals surface area (Å²) in [6.45, 7) is 0.0978. The average molecular weight is 252 g/mol. The van der Waals surface area contributed by atoms with Crippen LogP contribution in [0.1, 0.15) is 5.56 Å². The van der Waals surface area contributed by atoms with Gasteiger partial charge < -0.3 is 10.5 Å². The summed E-state index contributed by atoms with van der Waals surface area (Å²) in [5.74, 6) is 0.0792. The zero-order valence-electron chi connectivity index (χ0n) is 8.99. The molecule has 0 aromatic heterocycles. The molecule has 0 aliphatic rings. The lowest BCUT2D eigenvalue weighted by Gasteiger charge is -2.09. The van der Waals surface area contributed by atoms with Crippen LogP contribution >= 0.6 is 11.6 Å². The van der Waals surface area contributed by atoms with Gasteiger partial charge in [-0.25, -0.2) is 4.39 Å². The molecule has 2 aromatic rings. The van der Waals surface area contributed by atoms with Gasteiger partial charge in [-0.3, -0.25) is 0 Å². The Labute approximate surface area is 104 Å². The lowest BCUT2D eigenvalue weighted by molar-refractivity contribution is 0.300. The van der Waals surface area contributed by atoms with Crippen molar-refractivity contribution in [3.8, 4) is 5.75 Å². The Bertz CT molecular complexity index is 531. The molecule has 0 fully saturated rings. The maximum Gasteiger partial charge on any atom is 0.152 e. The van der Waals surface area contributed by atoms with E-state index in [1.807, 2.05) is 0 Å². The van der Waals surface area contributed by atoms with Gasteiger partial charge in [-0.15, -0.1) is 0 Å². The number of para-hydroxylation sites is 1. The first kappa shape index (κ1) is 11.7. The molecule has 0 spiro atoms. The number of rotatable bonds is 3. The summed E-state index contributed by atoms with van der Waals surface area (Å²) in [5, 5.41) is 0.497. The van der Waals surface area contributed by atoms with Gasteiger partial charge in [0.1, 0.15) is 12.4 Å². The lowest BCUT2D eigenvalue weighted by Crippen LogP contribution is -2.01. The molecular weight excluding hydrogens is 241 g/mol. The fourth-order valence-corrected chi connectivity index (χ4v) is 1.62. The van der Waals surface area contributed by atoms with Crippen LogP contribution in [-0.4, -0.2) is 0 Å². The Morgan fingerprint density at radius 1 is 1.12 bits per heavy atom. The van der Waals surface area contributed by atoms with Crippen LogP contribution in [0.25, 0.3) is 0 Å². The Morgan fingerprint density at radius 2 is 1.88 bits per heavy atom. The van der Waals surface area contributed by atoms with Gasteiger partial charge in [0, 0.05) is 5.56 Å². The number of nitrogen functional groups attached to an aromatic ring is 1. The van der Waals surface area contributed by atoms with Gasteiger partial charge in [0.2, 0.25) is 0 Å². The molecule has 0 saturated heterocycles. The topological polar surface area (TPSA) is 35.2 Å². The molecule has 0 unspecified atom stereocenters. The molecule has 0 atom stereocenters. The van der Waals surface area contributed by atoms with Crippen molar-refractivity contribution in [1.82, 2.24) is 0 Å². The van der Waals surface area contributed by atoms with E-state index >= 15 is 0 Å². The van der Waals surface area contributed by atoms with Crippen molar-refractivity contribution in [3.63, 3.8) is 0 Å². The van der Waals surface area contributed by atoms with Crippen LogP contribution in [0.5, 0.6) is 5.75 Å². The molecule has 0 amide bonds. The first-order chi connectivity index (χ1) is 8.18. The van der Waals surface area contributed by atoms with Crippen LogP contribution in [0.4, 0.5) is 10.1 Å². The molecule has 4 heteroatoms. The van der Waals surface area contributed by atoms with E-state index in [0.717, 1.165) is 0 Å². The SMILES string of the molecule is Nc1cccc(COc2ccccc2Cl)c1F. The second-order valence-electron chi connectivity index (χ2n) is 3.54.